The Bertz CT molecular complexity index is 152. The molecule has 0 radical (unpaired) electrons. The van der Waals surface area contributed by atoms with Crippen LogP contribution in [0.2, 0.25) is 0 Å². The summed E-state index contributed by atoms with van der Waals surface area (Å²) in [5.41, 5.74) is 0. The van der Waals surface area contributed by atoms with E-state index in [1.54, 1.807) is 13.8 Å². The van der Waals surface area contributed by atoms with E-state index in [-0.39, 0.29) is 11.9 Å². The fraction of sp³-hybridized carbons (Fsp3) is 0.875. The second-order valence-electron chi connectivity index (χ2n) is 2.81. The summed E-state index contributed by atoms with van der Waals surface area (Å²) in [5.74, 6) is -0.461. The Morgan fingerprint density at radius 3 is 2.25 bits per heavy atom. The van der Waals surface area contributed by atoms with E-state index in [0.717, 1.165) is 0 Å². The third-order valence-corrected chi connectivity index (χ3v) is 2.26. The molecule has 0 aliphatic rings. The molecule has 2 nitrogen and oxygen atoms in total. The predicted octanol–water partition coefficient (Wildman–Crippen LogP) is 2.15. The molecule has 0 spiro atoms. The number of carbonyl (C=O) groups is 1. The average Bonchev–Trinajstić information content (AvgIpc) is 1.85. The first-order valence-electron chi connectivity index (χ1n) is 4.04. The van der Waals surface area contributed by atoms with Gasteiger partial charge in [0.2, 0.25) is 0 Å². The van der Waals surface area contributed by atoms with Gasteiger partial charge in [0.25, 0.3) is 0 Å². The van der Waals surface area contributed by atoms with E-state index in [9.17, 15) is 4.79 Å². The molecule has 4 heteroatoms. The molecule has 0 aromatic rings. The average molecular weight is 208 g/mol. The summed E-state index contributed by atoms with van der Waals surface area (Å²) in [5, 5.41) is 0. The molecule has 0 saturated carbocycles. The van der Waals surface area contributed by atoms with Crippen LogP contribution in [0.4, 0.5) is 0 Å². The van der Waals surface area contributed by atoms with E-state index in [0.29, 0.717) is 13.0 Å². The fourth-order valence-corrected chi connectivity index (χ4v) is 1.60. The van der Waals surface area contributed by atoms with Gasteiger partial charge in [-0.25, -0.2) is 0 Å². The molecule has 0 aliphatic heterocycles. The summed E-state index contributed by atoms with van der Waals surface area (Å²) in [4.78, 5) is 11.3. The van der Waals surface area contributed by atoms with E-state index in [1.807, 2.05) is 6.92 Å². The molecule has 0 N–H and O–H groups in total. The summed E-state index contributed by atoms with van der Waals surface area (Å²) in [6.07, 6.45) is 0.697. The molecule has 72 valence electrons. The molecule has 0 bridgehead atoms. The maximum absolute atomic E-state index is 11.3. The van der Waals surface area contributed by atoms with Crippen molar-refractivity contribution in [3.63, 3.8) is 0 Å². The summed E-state index contributed by atoms with van der Waals surface area (Å²) in [7, 11) is 0. The first-order valence-corrected chi connectivity index (χ1v) is 4.94. The summed E-state index contributed by atoms with van der Waals surface area (Å²) < 4.78 is 4.29. The topological polar surface area (TPSA) is 26.3 Å². The highest BCUT2D eigenvalue weighted by atomic mass is 32.2. The summed E-state index contributed by atoms with van der Waals surface area (Å²) in [6, 6.07) is 0. The maximum Gasteiger partial charge on any atom is 0.311 e. The molecule has 12 heavy (non-hydrogen) atoms. The molecule has 1 unspecified atom stereocenters. The van der Waals surface area contributed by atoms with Gasteiger partial charge in [0.1, 0.15) is 0 Å². The lowest BCUT2D eigenvalue weighted by Crippen LogP contribution is -2.31. The van der Waals surface area contributed by atoms with E-state index >= 15 is 0 Å². The van der Waals surface area contributed by atoms with Crippen LogP contribution in [0.1, 0.15) is 27.2 Å². The van der Waals surface area contributed by atoms with Gasteiger partial charge in [-0.05, 0) is 20.3 Å². The van der Waals surface area contributed by atoms with Crippen molar-refractivity contribution in [3.05, 3.63) is 0 Å². The van der Waals surface area contributed by atoms with Gasteiger partial charge in [-0.15, -0.1) is 0 Å². The number of thiol groups is 2. The summed E-state index contributed by atoms with van der Waals surface area (Å²) >= 11 is 8.45. The molecule has 0 aromatic carbocycles. The van der Waals surface area contributed by atoms with Crippen molar-refractivity contribution in [2.75, 3.05) is 6.61 Å². The number of rotatable bonds is 4. The van der Waals surface area contributed by atoms with Crippen LogP contribution in [0.25, 0.3) is 0 Å². The van der Waals surface area contributed by atoms with Gasteiger partial charge in [0.05, 0.1) is 16.6 Å². The van der Waals surface area contributed by atoms with Crippen LogP contribution in [-0.4, -0.2) is 16.7 Å². The third-order valence-electron chi connectivity index (χ3n) is 1.64. The highest BCUT2D eigenvalue weighted by Crippen LogP contribution is 2.31. The van der Waals surface area contributed by atoms with Gasteiger partial charge in [-0.2, -0.15) is 25.3 Å². The van der Waals surface area contributed by atoms with Crippen molar-refractivity contribution < 1.29 is 9.53 Å². The third kappa shape index (κ3) is 3.72. The van der Waals surface area contributed by atoms with Crippen LogP contribution in [0.15, 0.2) is 0 Å². The molecule has 0 rings (SSSR count). The number of ether oxygens (including phenoxy) is 1. The molecule has 0 amide bonds. The minimum atomic E-state index is -0.596. The van der Waals surface area contributed by atoms with Crippen LogP contribution in [0.3, 0.4) is 0 Å². The Kier molecular flexibility index (Phi) is 5.09. The SMILES string of the molecule is CCOC(=O)C(CC)C(C)(S)S. The van der Waals surface area contributed by atoms with E-state index in [2.05, 4.69) is 25.3 Å². The normalized spacial score (nSPS) is 14.1. The highest BCUT2D eigenvalue weighted by molar-refractivity contribution is 8.00. The Labute approximate surface area is 84.9 Å². The number of carbonyl (C=O) groups excluding carboxylic acids is 1. The van der Waals surface area contributed by atoms with Gasteiger partial charge >= 0.3 is 5.97 Å². The van der Waals surface area contributed by atoms with Crippen LogP contribution in [0.5, 0.6) is 0 Å². The quantitative estimate of drug-likeness (QED) is 0.421. The van der Waals surface area contributed by atoms with Gasteiger partial charge in [-0.1, -0.05) is 6.92 Å². The lowest BCUT2D eigenvalue weighted by Gasteiger charge is -2.25. The Morgan fingerprint density at radius 1 is 1.50 bits per heavy atom. The summed E-state index contributed by atoms with van der Waals surface area (Å²) in [6.45, 7) is 5.92. The number of esters is 1. The molecule has 1 atom stereocenters. The maximum atomic E-state index is 11.3. The number of hydrogen-bond acceptors (Lipinski definition) is 4. The van der Waals surface area contributed by atoms with Gasteiger partial charge in [0.15, 0.2) is 0 Å². The predicted molar refractivity (Wildman–Crippen MR) is 56.8 cm³/mol. The Hall–Kier alpha value is 0.170. The van der Waals surface area contributed by atoms with Crippen molar-refractivity contribution >= 4 is 31.2 Å². The van der Waals surface area contributed by atoms with Gasteiger partial charge in [-0.3, -0.25) is 4.79 Å². The molecule has 0 fully saturated rings. The van der Waals surface area contributed by atoms with Crippen LogP contribution < -0.4 is 0 Å². The molecule has 0 heterocycles. The monoisotopic (exact) mass is 208 g/mol. The van der Waals surface area contributed by atoms with Gasteiger partial charge in [0, 0.05) is 0 Å². The van der Waals surface area contributed by atoms with Crippen molar-refractivity contribution in [1.29, 1.82) is 0 Å². The zero-order chi connectivity index (χ0) is 9.78. The van der Waals surface area contributed by atoms with Crippen molar-refractivity contribution in [1.82, 2.24) is 0 Å². The smallest absolute Gasteiger partial charge is 0.311 e. The van der Waals surface area contributed by atoms with Crippen LogP contribution >= 0.6 is 25.3 Å². The van der Waals surface area contributed by atoms with E-state index < -0.39 is 4.08 Å². The van der Waals surface area contributed by atoms with E-state index in [1.165, 1.54) is 0 Å². The molecular formula is C8H16O2S2. The molecule has 0 aliphatic carbocycles. The van der Waals surface area contributed by atoms with Crippen LogP contribution in [-0.2, 0) is 9.53 Å². The zero-order valence-corrected chi connectivity index (χ0v) is 9.49. The second-order valence-corrected chi connectivity index (χ2v) is 5.02. The molecule has 0 saturated heterocycles. The van der Waals surface area contributed by atoms with Crippen molar-refractivity contribution in [2.24, 2.45) is 5.92 Å². The minimum Gasteiger partial charge on any atom is -0.466 e. The minimum absolute atomic E-state index is 0.215. The standard InChI is InChI=1S/C8H16O2S2/c1-4-6(8(3,11)12)7(9)10-5-2/h6,11-12H,4-5H2,1-3H3. The molecular weight excluding hydrogens is 192 g/mol. The van der Waals surface area contributed by atoms with Crippen molar-refractivity contribution in [3.8, 4) is 0 Å². The zero-order valence-electron chi connectivity index (χ0n) is 7.70. The van der Waals surface area contributed by atoms with Crippen molar-refractivity contribution in [2.45, 2.75) is 31.3 Å². The second kappa shape index (κ2) is 5.02. The van der Waals surface area contributed by atoms with Crippen LogP contribution in [0, 0.1) is 5.92 Å². The Morgan fingerprint density at radius 2 is 2.00 bits per heavy atom. The lowest BCUT2D eigenvalue weighted by atomic mass is 10.0. The Balaban J connectivity index is 4.25. The number of hydrogen-bond donors (Lipinski definition) is 2. The largest absolute Gasteiger partial charge is 0.466 e. The fourth-order valence-electron chi connectivity index (χ4n) is 1.02. The lowest BCUT2D eigenvalue weighted by molar-refractivity contribution is -0.148. The highest BCUT2D eigenvalue weighted by Gasteiger charge is 2.32. The molecule has 0 aromatic heterocycles. The first-order chi connectivity index (χ1) is 5.43. The van der Waals surface area contributed by atoms with Gasteiger partial charge < -0.3 is 4.74 Å². The first kappa shape index (κ1) is 12.2. The van der Waals surface area contributed by atoms with E-state index in [4.69, 9.17) is 4.74 Å².